The van der Waals surface area contributed by atoms with Gasteiger partial charge in [-0.1, -0.05) is 19.3 Å². The minimum atomic E-state index is -0.986. The van der Waals surface area contributed by atoms with Crippen molar-refractivity contribution in [1.29, 1.82) is 0 Å². The molecular weight excluding hydrogens is 384 g/mol. The first-order valence-corrected chi connectivity index (χ1v) is 9.08. The molecule has 1 atom stereocenters. The number of hydrogen-bond donors (Lipinski definition) is 2. The van der Waals surface area contributed by atoms with E-state index in [4.69, 9.17) is 5.11 Å². The van der Waals surface area contributed by atoms with Crippen LogP contribution in [0.15, 0.2) is 47.1 Å². The molecule has 1 aromatic heterocycles. The van der Waals surface area contributed by atoms with Gasteiger partial charge < -0.3 is 10.4 Å². The van der Waals surface area contributed by atoms with E-state index in [-0.39, 0.29) is 17.4 Å². The maximum Gasteiger partial charge on any atom is 0.335 e. The molecule has 1 aliphatic rings. The van der Waals surface area contributed by atoms with Crippen LogP contribution < -0.4 is 5.32 Å². The summed E-state index contributed by atoms with van der Waals surface area (Å²) in [5.41, 5.74) is 1.54. The molecule has 130 valence electrons. The van der Waals surface area contributed by atoms with E-state index in [2.05, 4.69) is 26.2 Å². The molecule has 1 aromatic carbocycles. The Balaban J connectivity index is 1.75. The van der Waals surface area contributed by atoms with E-state index in [1.807, 2.05) is 12.1 Å². The Kier molecular flexibility index (Phi) is 5.48. The fraction of sp³-hybridized carbons (Fsp3) is 0.316. The first-order valence-electron chi connectivity index (χ1n) is 8.28. The summed E-state index contributed by atoms with van der Waals surface area (Å²) in [4.78, 5) is 28.1. The molecule has 3 rings (SSSR count). The second kappa shape index (κ2) is 7.78. The van der Waals surface area contributed by atoms with E-state index < -0.39 is 5.97 Å². The number of benzene rings is 1. The van der Waals surface area contributed by atoms with Crippen molar-refractivity contribution in [2.75, 3.05) is 5.32 Å². The van der Waals surface area contributed by atoms with Gasteiger partial charge in [-0.3, -0.25) is 9.78 Å². The molecule has 1 saturated carbocycles. The van der Waals surface area contributed by atoms with Crippen LogP contribution in [0.2, 0.25) is 0 Å². The lowest BCUT2D eigenvalue weighted by atomic mass is 9.78. The van der Waals surface area contributed by atoms with Gasteiger partial charge in [0, 0.05) is 16.4 Å². The van der Waals surface area contributed by atoms with Crippen LogP contribution in [-0.2, 0) is 4.79 Å². The van der Waals surface area contributed by atoms with Gasteiger partial charge in [0.1, 0.15) is 0 Å². The number of aromatic nitrogens is 1. The fourth-order valence-corrected chi connectivity index (χ4v) is 3.18. The van der Waals surface area contributed by atoms with Gasteiger partial charge in [-0.15, -0.1) is 0 Å². The number of rotatable bonds is 6. The zero-order valence-corrected chi connectivity index (χ0v) is 15.2. The van der Waals surface area contributed by atoms with Crippen LogP contribution in [0.5, 0.6) is 0 Å². The van der Waals surface area contributed by atoms with Crippen molar-refractivity contribution < 1.29 is 14.7 Å². The van der Waals surface area contributed by atoms with Gasteiger partial charge in [-0.2, -0.15) is 0 Å². The van der Waals surface area contributed by atoms with Crippen molar-refractivity contribution in [1.82, 2.24) is 4.98 Å². The second-order valence-electron chi connectivity index (χ2n) is 6.36. The molecule has 1 fully saturated rings. The molecule has 0 radical (unpaired) electrons. The standard InChI is InChI=1S/C19H19BrN2O3/c20-14-6-9-17(21-11-14)16(10-12-2-1-3-12)18(23)22-15-7-4-13(5-8-15)19(24)25/h4-9,11-12,16H,1-3,10H2,(H,22,23)(H,24,25). The normalized spacial score (nSPS) is 15.2. The van der Waals surface area contributed by atoms with Crippen LogP contribution in [0, 0.1) is 5.92 Å². The summed E-state index contributed by atoms with van der Waals surface area (Å²) in [7, 11) is 0. The summed E-state index contributed by atoms with van der Waals surface area (Å²) in [6, 6.07) is 9.95. The minimum absolute atomic E-state index is 0.107. The van der Waals surface area contributed by atoms with Gasteiger partial charge >= 0.3 is 5.97 Å². The number of nitrogens with one attached hydrogen (secondary N) is 1. The van der Waals surface area contributed by atoms with E-state index in [0.717, 1.165) is 29.4 Å². The summed E-state index contributed by atoms with van der Waals surface area (Å²) in [5.74, 6) is -0.835. The zero-order chi connectivity index (χ0) is 17.8. The largest absolute Gasteiger partial charge is 0.478 e. The van der Waals surface area contributed by atoms with Gasteiger partial charge in [-0.05, 0) is 64.7 Å². The minimum Gasteiger partial charge on any atom is -0.478 e. The molecule has 1 aliphatic carbocycles. The molecule has 2 N–H and O–H groups in total. The van der Waals surface area contributed by atoms with Gasteiger partial charge in [0.2, 0.25) is 5.91 Å². The Labute approximate surface area is 154 Å². The maximum atomic E-state index is 12.8. The Hall–Kier alpha value is -2.21. The third-order valence-electron chi connectivity index (χ3n) is 4.62. The molecular formula is C19H19BrN2O3. The highest BCUT2D eigenvalue weighted by atomic mass is 79.9. The van der Waals surface area contributed by atoms with Crippen LogP contribution in [0.4, 0.5) is 5.69 Å². The predicted molar refractivity (Wildman–Crippen MR) is 98.7 cm³/mol. The van der Waals surface area contributed by atoms with Crippen molar-refractivity contribution >= 4 is 33.5 Å². The van der Waals surface area contributed by atoms with E-state index >= 15 is 0 Å². The van der Waals surface area contributed by atoms with Crippen LogP contribution in [0.25, 0.3) is 0 Å². The number of aromatic carboxylic acids is 1. The monoisotopic (exact) mass is 402 g/mol. The third kappa shape index (κ3) is 4.45. The molecule has 0 aliphatic heterocycles. The van der Waals surface area contributed by atoms with E-state index in [9.17, 15) is 9.59 Å². The number of carbonyl (C=O) groups is 2. The quantitative estimate of drug-likeness (QED) is 0.747. The van der Waals surface area contributed by atoms with Crippen LogP contribution >= 0.6 is 15.9 Å². The number of carboxylic acids is 1. The highest BCUT2D eigenvalue weighted by Gasteiger charge is 2.29. The molecule has 1 heterocycles. The average molecular weight is 403 g/mol. The highest BCUT2D eigenvalue weighted by Crippen LogP contribution is 2.36. The molecule has 5 nitrogen and oxygen atoms in total. The summed E-state index contributed by atoms with van der Waals surface area (Å²) in [5, 5.41) is 11.8. The average Bonchev–Trinajstić information content (AvgIpc) is 2.55. The number of amides is 1. The summed E-state index contributed by atoms with van der Waals surface area (Å²) >= 11 is 3.37. The van der Waals surface area contributed by atoms with Crippen molar-refractivity contribution in [2.45, 2.75) is 31.6 Å². The van der Waals surface area contributed by atoms with Gasteiger partial charge in [0.05, 0.1) is 17.2 Å². The molecule has 6 heteroatoms. The lowest BCUT2D eigenvalue weighted by Gasteiger charge is -2.29. The number of carboxylic acid groups (broad SMARTS) is 1. The van der Waals surface area contributed by atoms with Gasteiger partial charge in [-0.25, -0.2) is 4.79 Å². The van der Waals surface area contributed by atoms with Gasteiger partial charge in [0.25, 0.3) is 0 Å². The summed E-state index contributed by atoms with van der Waals surface area (Å²) in [6.45, 7) is 0. The molecule has 1 unspecified atom stereocenters. The lowest BCUT2D eigenvalue weighted by molar-refractivity contribution is -0.118. The molecule has 25 heavy (non-hydrogen) atoms. The number of nitrogens with zero attached hydrogens (tertiary/aromatic N) is 1. The smallest absolute Gasteiger partial charge is 0.335 e. The Morgan fingerprint density at radius 2 is 1.92 bits per heavy atom. The van der Waals surface area contributed by atoms with Crippen LogP contribution in [-0.4, -0.2) is 22.0 Å². The van der Waals surface area contributed by atoms with E-state index in [0.29, 0.717) is 11.6 Å². The van der Waals surface area contributed by atoms with Gasteiger partial charge in [0.15, 0.2) is 0 Å². The van der Waals surface area contributed by atoms with Crippen molar-refractivity contribution in [2.24, 2.45) is 5.92 Å². The summed E-state index contributed by atoms with van der Waals surface area (Å²) in [6.07, 6.45) is 6.04. The first kappa shape index (κ1) is 17.6. The number of carbonyl (C=O) groups excluding carboxylic acids is 1. The van der Waals surface area contributed by atoms with Crippen LogP contribution in [0.1, 0.15) is 47.7 Å². The Bertz CT molecular complexity index is 755. The molecule has 0 spiro atoms. The van der Waals surface area contributed by atoms with Crippen molar-refractivity contribution in [3.05, 3.63) is 58.3 Å². The number of halogens is 1. The SMILES string of the molecule is O=C(O)c1ccc(NC(=O)C(CC2CCC2)c2ccc(Br)cn2)cc1. The number of hydrogen-bond acceptors (Lipinski definition) is 3. The zero-order valence-electron chi connectivity index (χ0n) is 13.6. The molecule has 0 saturated heterocycles. The molecule has 2 aromatic rings. The molecule has 0 bridgehead atoms. The second-order valence-corrected chi connectivity index (χ2v) is 7.27. The predicted octanol–water partition coefficient (Wildman–Crippen LogP) is 4.45. The Morgan fingerprint density at radius 1 is 1.20 bits per heavy atom. The molecule has 1 amide bonds. The third-order valence-corrected chi connectivity index (χ3v) is 5.09. The van der Waals surface area contributed by atoms with E-state index in [1.54, 1.807) is 18.3 Å². The fourth-order valence-electron chi connectivity index (χ4n) is 2.94. The first-order chi connectivity index (χ1) is 12.0. The maximum absolute atomic E-state index is 12.8. The lowest BCUT2D eigenvalue weighted by Crippen LogP contribution is -2.26. The summed E-state index contributed by atoms with van der Waals surface area (Å²) < 4.78 is 0.878. The van der Waals surface area contributed by atoms with E-state index in [1.165, 1.54) is 18.6 Å². The number of anilines is 1. The topological polar surface area (TPSA) is 79.3 Å². The highest BCUT2D eigenvalue weighted by molar-refractivity contribution is 9.10. The van der Waals surface area contributed by atoms with Crippen LogP contribution in [0.3, 0.4) is 0 Å². The number of pyridine rings is 1. The Morgan fingerprint density at radius 3 is 2.44 bits per heavy atom. The van der Waals surface area contributed by atoms with Crippen molar-refractivity contribution in [3.63, 3.8) is 0 Å². The van der Waals surface area contributed by atoms with Crippen molar-refractivity contribution in [3.8, 4) is 0 Å².